The molecular formula is C29H52N2O4. The molecule has 5 aliphatic rings. The standard InChI is InChI=1S/C29H52N2O4/c1-23-22-31-20-11-18-29(33)16-8-4-2-6-12-24-14-21-30-19-10-17-28(32,26(30)34-24)15-9-5-3-7-13-25(23)35-27(29)31/h23-27,32-33H,2-22H2,1H3/t23-,24+,25+,26+,27+,28+,29+/m1/s1. The van der Waals surface area contributed by atoms with E-state index in [9.17, 15) is 10.2 Å². The van der Waals surface area contributed by atoms with E-state index in [-0.39, 0.29) is 24.7 Å². The zero-order valence-corrected chi connectivity index (χ0v) is 22.3. The second-order valence-electron chi connectivity index (χ2n) is 12.8. The molecule has 5 fully saturated rings. The van der Waals surface area contributed by atoms with E-state index in [2.05, 4.69) is 16.7 Å². The van der Waals surface area contributed by atoms with Gasteiger partial charge in [-0.25, -0.2) is 0 Å². The Morgan fingerprint density at radius 1 is 0.600 bits per heavy atom. The van der Waals surface area contributed by atoms with Crippen molar-refractivity contribution in [3.63, 3.8) is 0 Å². The summed E-state index contributed by atoms with van der Waals surface area (Å²) in [5, 5.41) is 23.3. The van der Waals surface area contributed by atoms with E-state index in [4.69, 9.17) is 9.47 Å². The van der Waals surface area contributed by atoms with Gasteiger partial charge in [0.15, 0.2) is 0 Å². The molecule has 7 atom stereocenters. The summed E-state index contributed by atoms with van der Waals surface area (Å²) in [7, 11) is 0. The Labute approximate surface area is 213 Å². The summed E-state index contributed by atoms with van der Waals surface area (Å²) < 4.78 is 13.3. The highest BCUT2D eigenvalue weighted by molar-refractivity contribution is 4.97. The predicted molar refractivity (Wildman–Crippen MR) is 138 cm³/mol. The van der Waals surface area contributed by atoms with Crippen LogP contribution in [0.25, 0.3) is 0 Å². The molecule has 2 N–H and O–H groups in total. The van der Waals surface area contributed by atoms with Crippen molar-refractivity contribution in [3.05, 3.63) is 0 Å². The Hall–Kier alpha value is -0.240. The van der Waals surface area contributed by atoms with Gasteiger partial charge in [-0.15, -0.1) is 0 Å². The molecule has 0 aliphatic carbocycles. The van der Waals surface area contributed by atoms with Crippen molar-refractivity contribution in [3.8, 4) is 0 Å². The summed E-state index contributed by atoms with van der Waals surface area (Å²) in [4.78, 5) is 4.85. The molecule has 0 aromatic rings. The smallest absolute Gasteiger partial charge is 0.140 e. The zero-order valence-electron chi connectivity index (χ0n) is 22.3. The minimum atomic E-state index is -0.682. The number of ether oxygens (including phenoxy) is 2. The molecule has 35 heavy (non-hydrogen) atoms. The molecule has 0 saturated carbocycles. The summed E-state index contributed by atoms with van der Waals surface area (Å²) in [6.07, 6.45) is 18.5. The van der Waals surface area contributed by atoms with Crippen LogP contribution < -0.4 is 0 Å². The van der Waals surface area contributed by atoms with Crippen LogP contribution in [-0.4, -0.2) is 82.1 Å². The minimum Gasteiger partial charge on any atom is -0.386 e. The van der Waals surface area contributed by atoms with Crippen molar-refractivity contribution >= 4 is 0 Å². The molecule has 202 valence electrons. The van der Waals surface area contributed by atoms with E-state index in [1.54, 1.807) is 0 Å². The molecule has 5 heterocycles. The summed E-state index contributed by atoms with van der Waals surface area (Å²) in [6, 6.07) is 0. The first kappa shape index (κ1) is 26.4. The molecule has 0 spiro atoms. The number of piperidine rings is 2. The third-order valence-electron chi connectivity index (χ3n) is 9.95. The van der Waals surface area contributed by atoms with Crippen molar-refractivity contribution in [2.24, 2.45) is 5.92 Å². The second kappa shape index (κ2) is 11.7. The Kier molecular flexibility index (Phi) is 8.78. The van der Waals surface area contributed by atoms with E-state index in [1.807, 2.05) is 0 Å². The van der Waals surface area contributed by atoms with E-state index < -0.39 is 11.2 Å². The van der Waals surface area contributed by atoms with Gasteiger partial charge in [0.05, 0.1) is 12.2 Å². The molecule has 6 heteroatoms. The van der Waals surface area contributed by atoms with Gasteiger partial charge in [0.1, 0.15) is 23.7 Å². The molecule has 0 amide bonds. The van der Waals surface area contributed by atoms with Gasteiger partial charge in [0, 0.05) is 26.2 Å². The van der Waals surface area contributed by atoms with Crippen LogP contribution >= 0.6 is 0 Å². The third kappa shape index (κ3) is 6.09. The molecule has 6 nitrogen and oxygen atoms in total. The van der Waals surface area contributed by atoms with E-state index in [0.717, 1.165) is 96.8 Å². The van der Waals surface area contributed by atoms with Gasteiger partial charge < -0.3 is 19.7 Å². The van der Waals surface area contributed by atoms with Gasteiger partial charge in [-0.3, -0.25) is 9.80 Å². The molecule has 0 aromatic heterocycles. The topological polar surface area (TPSA) is 65.4 Å². The maximum atomic E-state index is 11.7. The first-order chi connectivity index (χ1) is 17.0. The monoisotopic (exact) mass is 492 g/mol. The summed E-state index contributed by atoms with van der Waals surface area (Å²) >= 11 is 0. The van der Waals surface area contributed by atoms with Crippen molar-refractivity contribution in [2.45, 2.75) is 152 Å². The Bertz CT molecular complexity index is 679. The highest BCUT2D eigenvalue weighted by Crippen LogP contribution is 2.40. The van der Waals surface area contributed by atoms with Crippen LogP contribution in [-0.2, 0) is 9.47 Å². The zero-order chi connectivity index (χ0) is 24.3. The lowest BCUT2D eigenvalue weighted by Gasteiger charge is -2.52. The molecule has 0 unspecified atom stereocenters. The second-order valence-corrected chi connectivity index (χ2v) is 12.8. The lowest BCUT2D eigenvalue weighted by Crippen LogP contribution is -2.63. The van der Waals surface area contributed by atoms with Crippen molar-refractivity contribution < 1.29 is 19.7 Å². The summed E-state index contributed by atoms with van der Waals surface area (Å²) in [5.74, 6) is 0.525. The molecule has 5 rings (SSSR count). The van der Waals surface area contributed by atoms with Gasteiger partial charge in [-0.2, -0.15) is 0 Å². The summed E-state index contributed by atoms with van der Waals surface area (Å²) in [5.41, 5.74) is -1.35. The third-order valence-corrected chi connectivity index (χ3v) is 9.95. The fourth-order valence-electron chi connectivity index (χ4n) is 7.88. The minimum absolute atomic E-state index is 0.0995. The van der Waals surface area contributed by atoms with Crippen LogP contribution in [0, 0.1) is 5.92 Å². The van der Waals surface area contributed by atoms with Gasteiger partial charge in [-0.05, 0) is 63.7 Å². The van der Waals surface area contributed by atoms with Gasteiger partial charge in [0.2, 0.25) is 0 Å². The van der Waals surface area contributed by atoms with Crippen molar-refractivity contribution in [2.75, 3.05) is 26.2 Å². The molecule has 4 bridgehead atoms. The first-order valence-electron chi connectivity index (χ1n) is 15.2. The van der Waals surface area contributed by atoms with Crippen molar-refractivity contribution in [1.29, 1.82) is 0 Å². The fourth-order valence-corrected chi connectivity index (χ4v) is 7.88. The number of fused-ring (bicyclic) bond motifs is 2. The maximum Gasteiger partial charge on any atom is 0.140 e. The number of nitrogens with zero attached hydrogens (tertiary/aromatic N) is 2. The molecule has 5 aliphatic heterocycles. The Balaban J connectivity index is 1.23. The predicted octanol–water partition coefficient (Wildman–Crippen LogP) is 4.81. The Morgan fingerprint density at radius 3 is 1.89 bits per heavy atom. The van der Waals surface area contributed by atoms with Crippen LogP contribution in [0.5, 0.6) is 0 Å². The van der Waals surface area contributed by atoms with Crippen LogP contribution in [0.15, 0.2) is 0 Å². The van der Waals surface area contributed by atoms with Crippen molar-refractivity contribution in [1.82, 2.24) is 9.80 Å². The first-order valence-corrected chi connectivity index (χ1v) is 15.2. The van der Waals surface area contributed by atoms with E-state index in [0.29, 0.717) is 5.92 Å². The largest absolute Gasteiger partial charge is 0.386 e. The van der Waals surface area contributed by atoms with Crippen LogP contribution in [0.2, 0.25) is 0 Å². The number of hydrogen-bond donors (Lipinski definition) is 2. The fraction of sp³-hybridized carbons (Fsp3) is 1.00. The molecule has 0 aromatic carbocycles. The van der Waals surface area contributed by atoms with E-state index >= 15 is 0 Å². The lowest BCUT2D eigenvalue weighted by molar-refractivity contribution is -0.258. The number of hydrogen-bond acceptors (Lipinski definition) is 6. The van der Waals surface area contributed by atoms with Gasteiger partial charge in [-0.1, -0.05) is 58.3 Å². The molecule has 0 radical (unpaired) electrons. The lowest BCUT2D eigenvalue weighted by atomic mass is 9.82. The quantitative estimate of drug-likeness (QED) is 0.506. The molecule has 5 saturated heterocycles. The van der Waals surface area contributed by atoms with Crippen LogP contribution in [0.4, 0.5) is 0 Å². The number of rotatable bonds is 0. The van der Waals surface area contributed by atoms with E-state index in [1.165, 1.54) is 38.5 Å². The highest BCUT2D eigenvalue weighted by atomic mass is 16.5. The average Bonchev–Trinajstić information content (AvgIpc) is 2.84. The van der Waals surface area contributed by atoms with Crippen LogP contribution in [0.3, 0.4) is 0 Å². The normalized spacial score (nSPS) is 45.5. The maximum absolute atomic E-state index is 11.7. The summed E-state index contributed by atoms with van der Waals surface area (Å²) in [6.45, 7) is 6.59. The van der Waals surface area contributed by atoms with Gasteiger partial charge in [0.25, 0.3) is 0 Å². The SMILES string of the molecule is C[C@@H]1CN2CCC[C@@]3(O)CCCCCC[C@H]4CCN5CCC[C@@](O)(CCCCCC[C@@H]1O[C@H]23)[C@@H]5O4. The number of aliphatic hydroxyl groups is 2. The highest BCUT2D eigenvalue weighted by Gasteiger charge is 2.49. The van der Waals surface area contributed by atoms with Gasteiger partial charge >= 0.3 is 0 Å². The Morgan fingerprint density at radius 2 is 1.17 bits per heavy atom. The van der Waals surface area contributed by atoms with Crippen LogP contribution in [0.1, 0.15) is 116 Å². The molecular weight excluding hydrogens is 440 g/mol. The average molecular weight is 493 g/mol.